The number of aromatic nitrogens is 4. The summed E-state index contributed by atoms with van der Waals surface area (Å²) in [6, 6.07) is 10.6. The maximum atomic E-state index is 14.0. The number of carbonyl (C=O) groups is 1. The van der Waals surface area contributed by atoms with E-state index >= 15 is 0 Å². The third-order valence-corrected chi connectivity index (χ3v) is 10.2. The zero-order valence-corrected chi connectivity index (χ0v) is 29.2. The monoisotopic (exact) mass is 665 g/mol. The number of ether oxygens (including phenoxy) is 3. The first kappa shape index (κ1) is 33.3. The summed E-state index contributed by atoms with van der Waals surface area (Å²) in [5, 5.41) is 6.00. The summed E-state index contributed by atoms with van der Waals surface area (Å²) in [6.07, 6.45) is 2.65. The standard InChI is InChI=1S/C35H45F2N5O4Si/c1-35(2,3)46-34(43)40-20-28-30(21-40)41(22-44-13-14-47(4,5)6)33(38-28)32-27-18-23(15-24-16-25(36)19-26(37)17-24)10-11-29(27)42(39-32)31-9-7-8-12-45-31/h10-11,16-19,31H,7-9,12-15,20-22H2,1-6H3. The van der Waals surface area contributed by atoms with Crippen LogP contribution in [0.15, 0.2) is 36.4 Å². The zero-order chi connectivity index (χ0) is 33.5. The van der Waals surface area contributed by atoms with E-state index in [1.165, 1.54) is 12.1 Å². The van der Waals surface area contributed by atoms with Crippen molar-refractivity contribution in [3.05, 3.63) is 70.5 Å². The van der Waals surface area contributed by atoms with Crippen LogP contribution in [0, 0.1) is 11.6 Å². The number of rotatable bonds is 9. The molecule has 4 heterocycles. The van der Waals surface area contributed by atoms with E-state index in [2.05, 4.69) is 19.6 Å². The number of halogens is 2. The Morgan fingerprint density at radius 3 is 2.49 bits per heavy atom. The second-order valence-corrected chi connectivity index (χ2v) is 20.5. The van der Waals surface area contributed by atoms with Crippen LogP contribution in [0.4, 0.5) is 13.6 Å². The molecule has 2 aliphatic rings. The van der Waals surface area contributed by atoms with E-state index in [-0.39, 0.29) is 19.1 Å². The van der Waals surface area contributed by atoms with Crippen molar-refractivity contribution >= 4 is 25.1 Å². The Balaban J connectivity index is 1.41. The summed E-state index contributed by atoms with van der Waals surface area (Å²) in [7, 11) is -1.32. The number of hydrogen-bond donors (Lipinski definition) is 0. The average Bonchev–Trinajstić information content (AvgIpc) is 3.65. The number of nitrogens with zero attached hydrogens (tertiary/aromatic N) is 5. The third-order valence-electron chi connectivity index (χ3n) is 8.45. The fourth-order valence-electron chi connectivity index (χ4n) is 6.11. The molecular weight excluding hydrogens is 620 g/mol. The Morgan fingerprint density at radius 2 is 1.81 bits per heavy atom. The lowest BCUT2D eigenvalue weighted by molar-refractivity contribution is -0.0365. The molecule has 0 bridgehead atoms. The van der Waals surface area contributed by atoms with Crippen molar-refractivity contribution in [2.24, 2.45) is 0 Å². The predicted molar refractivity (Wildman–Crippen MR) is 179 cm³/mol. The van der Waals surface area contributed by atoms with Crippen LogP contribution in [0.25, 0.3) is 22.4 Å². The molecule has 6 rings (SSSR count). The van der Waals surface area contributed by atoms with E-state index in [1.807, 2.05) is 48.2 Å². The van der Waals surface area contributed by atoms with Gasteiger partial charge in [0, 0.05) is 32.7 Å². The minimum absolute atomic E-state index is 0.214. The molecule has 252 valence electrons. The van der Waals surface area contributed by atoms with Gasteiger partial charge < -0.3 is 18.8 Å². The molecule has 2 aliphatic heterocycles. The van der Waals surface area contributed by atoms with Gasteiger partial charge in [-0.15, -0.1) is 0 Å². The van der Waals surface area contributed by atoms with Crippen LogP contribution in [0.3, 0.4) is 0 Å². The molecule has 0 spiro atoms. The summed E-state index contributed by atoms with van der Waals surface area (Å²) in [4.78, 5) is 19.8. The van der Waals surface area contributed by atoms with Crippen molar-refractivity contribution < 1.29 is 27.8 Å². The normalized spacial score (nSPS) is 17.0. The smallest absolute Gasteiger partial charge is 0.410 e. The Bertz CT molecular complexity index is 1750. The first-order valence-corrected chi connectivity index (χ1v) is 20.2. The Morgan fingerprint density at radius 1 is 1.04 bits per heavy atom. The van der Waals surface area contributed by atoms with Crippen LogP contribution in [-0.4, -0.2) is 57.2 Å². The van der Waals surface area contributed by atoms with E-state index in [1.54, 1.807) is 4.90 Å². The second-order valence-electron chi connectivity index (χ2n) is 14.9. The molecule has 2 aromatic carbocycles. The van der Waals surface area contributed by atoms with Gasteiger partial charge in [-0.2, -0.15) is 5.10 Å². The van der Waals surface area contributed by atoms with E-state index in [4.69, 9.17) is 24.3 Å². The van der Waals surface area contributed by atoms with Gasteiger partial charge in [-0.25, -0.2) is 23.2 Å². The van der Waals surface area contributed by atoms with Crippen molar-refractivity contribution in [2.45, 2.75) is 104 Å². The zero-order valence-electron chi connectivity index (χ0n) is 28.2. The molecule has 4 aromatic rings. The van der Waals surface area contributed by atoms with Crippen molar-refractivity contribution in [3.63, 3.8) is 0 Å². The van der Waals surface area contributed by atoms with Crippen LogP contribution < -0.4 is 0 Å². The van der Waals surface area contributed by atoms with Gasteiger partial charge in [0.2, 0.25) is 0 Å². The summed E-state index contributed by atoms with van der Waals surface area (Å²) < 4.78 is 50.1. The molecule has 2 aromatic heterocycles. The summed E-state index contributed by atoms with van der Waals surface area (Å²) in [6.45, 7) is 14.7. The SMILES string of the molecule is CC(C)(C)OC(=O)N1Cc2nc(-c3nn(C4CCCCO4)c4ccc(Cc5cc(F)cc(F)c5)cc34)n(COCC[Si](C)(C)C)c2C1. The molecule has 1 unspecified atom stereocenters. The highest BCUT2D eigenvalue weighted by Gasteiger charge is 2.34. The van der Waals surface area contributed by atoms with Gasteiger partial charge in [-0.3, -0.25) is 4.90 Å². The van der Waals surface area contributed by atoms with Gasteiger partial charge in [-0.1, -0.05) is 25.7 Å². The topological polar surface area (TPSA) is 83.6 Å². The average molecular weight is 666 g/mol. The minimum Gasteiger partial charge on any atom is -0.444 e. The summed E-state index contributed by atoms with van der Waals surface area (Å²) in [5.41, 5.74) is 4.06. The highest BCUT2D eigenvalue weighted by molar-refractivity contribution is 6.76. The minimum atomic E-state index is -1.32. The van der Waals surface area contributed by atoms with Crippen LogP contribution in [-0.2, 0) is 40.5 Å². The van der Waals surface area contributed by atoms with Gasteiger partial charge in [0.05, 0.1) is 30.0 Å². The molecule has 1 atom stereocenters. The lowest BCUT2D eigenvalue weighted by atomic mass is 10.0. The van der Waals surface area contributed by atoms with Crippen LogP contribution >= 0.6 is 0 Å². The first-order valence-electron chi connectivity index (χ1n) is 16.5. The molecule has 1 fully saturated rings. The number of imidazole rings is 1. The van der Waals surface area contributed by atoms with Crippen molar-refractivity contribution in [1.29, 1.82) is 0 Å². The second kappa shape index (κ2) is 13.1. The van der Waals surface area contributed by atoms with Crippen LogP contribution in [0.2, 0.25) is 25.7 Å². The Labute approximate surface area is 275 Å². The van der Waals surface area contributed by atoms with E-state index in [9.17, 15) is 13.6 Å². The van der Waals surface area contributed by atoms with Crippen molar-refractivity contribution in [1.82, 2.24) is 24.2 Å². The fourth-order valence-corrected chi connectivity index (χ4v) is 6.87. The maximum absolute atomic E-state index is 14.0. The van der Waals surface area contributed by atoms with Gasteiger partial charge >= 0.3 is 6.09 Å². The number of amides is 1. The van der Waals surface area contributed by atoms with Crippen LogP contribution in [0.5, 0.6) is 0 Å². The van der Waals surface area contributed by atoms with Gasteiger partial charge in [0.25, 0.3) is 0 Å². The van der Waals surface area contributed by atoms with E-state index < -0.39 is 25.3 Å². The molecule has 0 aliphatic carbocycles. The number of hydrogen-bond acceptors (Lipinski definition) is 6. The summed E-state index contributed by atoms with van der Waals surface area (Å²) in [5.74, 6) is -0.550. The quantitative estimate of drug-likeness (QED) is 0.133. The molecule has 47 heavy (non-hydrogen) atoms. The molecule has 9 nitrogen and oxygen atoms in total. The van der Waals surface area contributed by atoms with Gasteiger partial charge in [0.1, 0.15) is 29.7 Å². The number of benzene rings is 2. The van der Waals surface area contributed by atoms with Gasteiger partial charge in [-0.05, 0) is 87.9 Å². The van der Waals surface area contributed by atoms with Crippen molar-refractivity contribution in [2.75, 3.05) is 13.2 Å². The molecule has 0 N–H and O–H groups in total. The molecule has 12 heteroatoms. The largest absolute Gasteiger partial charge is 0.444 e. The third kappa shape index (κ3) is 7.76. The molecule has 1 amide bonds. The summed E-state index contributed by atoms with van der Waals surface area (Å²) >= 11 is 0. The number of fused-ring (bicyclic) bond motifs is 2. The van der Waals surface area contributed by atoms with Gasteiger partial charge in [0.15, 0.2) is 12.1 Å². The molecule has 0 saturated carbocycles. The Kier molecular flexibility index (Phi) is 9.29. The highest BCUT2D eigenvalue weighted by Crippen LogP contribution is 2.36. The van der Waals surface area contributed by atoms with E-state index in [0.29, 0.717) is 49.8 Å². The van der Waals surface area contributed by atoms with Crippen molar-refractivity contribution in [3.8, 4) is 11.5 Å². The van der Waals surface area contributed by atoms with E-state index in [0.717, 1.165) is 59.2 Å². The Hall–Kier alpha value is -3.61. The molecule has 1 saturated heterocycles. The van der Waals surface area contributed by atoms with Crippen LogP contribution in [0.1, 0.15) is 68.8 Å². The molecule has 0 radical (unpaired) electrons. The lowest BCUT2D eigenvalue weighted by Gasteiger charge is -2.24. The predicted octanol–water partition coefficient (Wildman–Crippen LogP) is 8.03. The fraction of sp³-hybridized carbons (Fsp3) is 0.514. The lowest BCUT2D eigenvalue weighted by Crippen LogP contribution is -2.34. The maximum Gasteiger partial charge on any atom is 0.410 e. The first-order chi connectivity index (χ1) is 22.2. The number of carbonyl (C=O) groups excluding carboxylic acids is 1. The molecular formula is C35H45F2N5O4Si. The highest BCUT2D eigenvalue weighted by atomic mass is 28.3.